The highest BCUT2D eigenvalue weighted by Crippen LogP contribution is 2.27. The Kier molecular flexibility index (Phi) is 10.4. The molecule has 0 aliphatic rings. The number of hydrogen-bond donors (Lipinski definition) is 2. The average molecular weight is 463 g/mol. The number of rotatable bonds is 7. The molecule has 1 aromatic heterocycles. The van der Waals surface area contributed by atoms with Crippen LogP contribution in [0.1, 0.15) is 29.4 Å². The number of hydrogen-bond acceptors (Lipinski definition) is 4. The van der Waals surface area contributed by atoms with Crippen LogP contribution in [0, 0.1) is 12.7 Å². The van der Waals surface area contributed by atoms with Crippen LogP contribution in [-0.4, -0.2) is 16.1 Å². The van der Waals surface area contributed by atoms with Gasteiger partial charge in [-0.2, -0.15) is 18.7 Å². The molecule has 0 amide bonds. The Hall–Kier alpha value is -2.71. The van der Waals surface area contributed by atoms with Crippen LogP contribution in [0.5, 0.6) is 0 Å². The third-order valence-corrected chi connectivity index (χ3v) is 4.16. The third-order valence-electron chi connectivity index (χ3n) is 3.91. The summed E-state index contributed by atoms with van der Waals surface area (Å²) >= 11 is 5.84. The van der Waals surface area contributed by atoms with E-state index in [1.54, 1.807) is 0 Å². The zero-order valence-corrected chi connectivity index (χ0v) is 17.9. The van der Waals surface area contributed by atoms with Gasteiger partial charge in [0.05, 0.1) is 12.3 Å². The molecule has 1 atom stereocenters. The van der Waals surface area contributed by atoms with Crippen molar-refractivity contribution in [3.05, 3.63) is 113 Å². The summed E-state index contributed by atoms with van der Waals surface area (Å²) in [7, 11) is 0. The first kappa shape index (κ1) is 25.5. The Morgan fingerprint density at radius 3 is 2.50 bits per heavy atom. The number of aliphatic hydroxyl groups is 1. The lowest BCUT2D eigenvalue weighted by molar-refractivity contribution is -0.141. The SMILES string of the molecule is CC(C=Cc1ccc(Cl)cc1)NOCc1[c]cccc1.O[CH]c1cccc(C(F)(F)F)n1. The van der Waals surface area contributed by atoms with Crippen molar-refractivity contribution < 1.29 is 23.1 Å². The van der Waals surface area contributed by atoms with E-state index in [0.717, 1.165) is 22.2 Å². The summed E-state index contributed by atoms with van der Waals surface area (Å²) in [6.45, 7) is 3.05. The molecule has 2 aromatic carbocycles. The molecule has 3 rings (SSSR count). The maximum atomic E-state index is 11.9. The fourth-order valence-electron chi connectivity index (χ4n) is 2.32. The number of nitrogens with one attached hydrogen (secondary N) is 1. The molecule has 168 valence electrons. The zero-order chi connectivity index (χ0) is 23.4. The molecule has 0 saturated carbocycles. The molecule has 0 fully saturated rings. The summed E-state index contributed by atoms with van der Waals surface area (Å²) in [4.78, 5) is 8.57. The molecule has 2 N–H and O–H groups in total. The van der Waals surface area contributed by atoms with Crippen molar-refractivity contribution in [1.82, 2.24) is 10.5 Å². The van der Waals surface area contributed by atoms with Gasteiger partial charge in [0, 0.05) is 11.1 Å². The molecule has 0 bridgehead atoms. The van der Waals surface area contributed by atoms with E-state index in [9.17, 15) is 13.2 Å². The van der Waals surface area contributed by atoms with Gasteiger partial charge in [-0.15, -0.1) is 0 Å². The van der Waals surface area contributed by atoms with Gasteiger partial charge in [0.25, 0.3) is 0 Å². The van der Waals surface area contributed by atoms with Gasteiger partial charge in [-0.05, 0) is 48.4 Å². The summed E-state index contributed by atoms with van der Waals surface area (Å²) < 4.78 is 35.8. The number of pyridine rings is 1. The Morgan fingerprint density at radius 1 is 1.12 bits per heavy atom. The van der Waals surface area contributed by atoms with E-state index in [-0.39, 0.29) is 11.7 Å². The molecule has 0 saturated heterocycles. The summed E-state index contributed by atoms with van der Waals surface area (Å²) in [5, 5.41) is 9.12. The highest BCUT2D eigenvalue weighted by atomic mass is 35.5. The predicted molar refractivity (Wildman–Crippen MR) is 118 cm³/mol. The second-order valence-electron chi connectivity index (χ2n) is 6.57. The number of aliphatic hydroxyl groups excluding tert-OH is 1. The van der Waals surface area contributed by atoms with Gasteiger partial charge in [0.1, 0.15) is 12.3 Å². The topological polar surface area (TPSA) is 54.4 Å². The maximum absolute atomic E-state index is 11.9. The van der Waals surface area contributed by atoms with Gasteiger partial charge in [-0.1, -0.05) is 66.2 Å². The molecule has 3 aromatic rings. The van der Waals surface area contributed by atoms with Crippen LogP contribution in [0.4, 0.5) is 13.2 Å². The van der Waals surface area contributed by atoms with Crippen LogP contribution in [0.3, 0.4) is 0 Å². The predicted octanol–water partition coefficient (Wildman–Crippen LogP) is 6.25. The molecular weight excluding hydrogens is 441 g/mol. The second kappa shape index (κ2) is 13.0. The Balaban J connectivity index is 0.000000258. The number of hydroxylamine groups is 1. The number of benzene rings is 2. The van der Waals surface area contributed by atoms with Crippen molar-refractivity contribution in [3.63, 3.8) is 0 Å². The van der Waals surface area contributed by atoms with Crippen molar-refractivity contribution in [1.29, 1.82) is 0 Å². The monoisotopic (exact) mass is 462 g/mol. The lowest BCUT2D eigenvalue weighted by Gasteiger charge is -2.09. The minimum atomic E-state index is -4.46. The first-order valence-corrected chi connectivity index (χ1v) is 9.94. The smallest absolute Gasteiger partial charge is 0.384 e. The van der Waals surface area contributed by atoms with Gasteiger partial charge in [0.2, 0.25) is 0 Å². The van der Waals surface area contributed by atoms with Crippen LogP contribution in [0.2, 0.25) is 5.02 Å². The van der Waals surface area contributed by atoms with Gasteiger partial charge in [0.15, 0.2) is 0 Å². The average Bonchev–Trinajstić information content (AvgIpc) is 2.79. The summed E-state index contributed by atoms with van der Waals surface area (Å²) in [5.74, 6) is 0. The quantitative estimate of drug-likeness (QED) is 0.408. The van der Waals surface area contributed by atoms with E-state index in [4.69, 9.17) is 21.5 Å². The summed E-state index contributed by atoms with van der Waals surface area (Å²) in [6.07, 6.45) is -0.386. The molecule has 1 unspecified atom stereocenters. The summed E-state index contributed by atoms with van der Waals surface area (Å²) in [5.41, 5.74) is 4.00. The highest BCUT2D eigenvalue weighted by Gasteiger charge is 2.32. The van der Waals surface area contributed by atoms with E-state index < -0.39 is 11.9 Å². The lowest BCUT2D eigenvalue weighted by Crippen LogP contribution is -2.23. The molecule has 2 radical (unpaired) electrons. The zero-order valence-electron chi connectivity index (χ0n) is 17.2. The Labute approximate surface area is 190 Å². The minimum Gasteiger partial charge on any atom is -0.384 e. The Morgan fingerprint density at radius 2 is 1.88 bits per heavy atom. The normalized spacial score (nSPS) is 12.3. The first-order chi connectivity index (χ1) is 15.3. The first-order valence-electron chi connectivity index (χ1n) is 9.56. The van der Waals surface area contributed by atoms with Crippen molar-refractivity contribution >= 4 is 17.7 Å². The molecule has 32 heavy (non-hydrogen) atoms. The van der Waals surface area contributed by atoms with Crippen molar-refractivity contribution in [2.75, 3.05) is 0 Å². The standard InChI is InChI=1S/C17H17ClNO.C7H5F3NO/c1-14(7-8-15-9-11-17(18)12-10-15)19-20-13-16-5-3-2-4-6-16;8-7(9,10)6-3-1-2-5(4-12)11-6/h2-5,7-12,14,19H,13H2,1H3;1-4,12H. The number of halogens is 4. The van der Waals surface area contributed by atoms with Crippen molar-refractivity contribution in [2.45, 2.75) is 25.7 Å². The number of aromatic nitrogens is 1. The highest BCUT2D eigenvalue weighted by molar-refractivity contribution is 6.30. The second-order valence-corrected chi connectivity index (χ2v) is 7.00. The molecule has 8 heteroatoms. The van der Waals surface area contributed by atoms with Crippen LogP contribution >= 0.6 is 11.6 Å². The van der Waals surface area contributed by atoms with Gasteiger partial charge < -0.3 is 5.11 Å². The molecule has 0 spiro atoms. The van der Waals surface area contributed by atoms with E-state index in [0.29, 0.717) is 13.2 Å². The van der Waals surface area contributed by atoms with E-state index in [1.165, 1.54) is 12.1 Å². The minimum absolute atomic E-state index is 0.107. The van der Waals surface area contributed by atoms with E-state index >= 15 is 0 Å². The van der Waals surface area contributed by atoms with Crippen molar-refractivity contribution in [2.24, 2.45) is 0 Å². The number of nitrogens with zero attached hydrogens (tertiary/aromatic N) is 1. The Bertz CT molecular complexity index is 965. The molecule has 0 aliphatic heterocycles. The maximum Gasteiger partial charge on any atom is 0.433 e. The van der Waals surface area contributed by atoms with Crippen LogP contribution in [0.15, 0.2) is 72.8 Å². The van der Waals surface area contributed by atoms with E-state index in [1.807, 2.05) is 67.6 Å². The fourth-order valence-corrected chi connectivity index (χ4v) is 2.45. The van der Waals surface area contributed by atoms with Gasteiger partial charge in [-0.25, -0.2) is 4.98 Å². The van der Waals surface area contributed by atoms with Crippen LogP contribution in [0.25, 0.3) is 6.08 Å². The number of alkyl halides is 3. The van der Waals surface area contributed by atoms with Crippen LogP contribution in [-0.2, 0) is 17.6 Å². The van der Waals surface area contributed by atoms with Crippen molar-refractivity contribution in [3.8, 4) is 0 Å². The van der Waals surface area contributed by atoms with E-state index in [2.05, 4.69) is 16.5 Å². The molecule has 1 heterocycles. The largest absolute Gasteiger partial charge is 0.433 e. The van der Waals surface area contributed by atoms with Gasteiger partial charge >= 0.3 is 6.18 Å². The fraction of sp³-hybridized carbons (Fsp3) is 0.167. The lowest BCUT2D eigenvalue weighted by atomic mass is 10.2. The third kappa shape index (κ3) is 9.62. The molecular formula is C24H22ClF3N2O2. The van der Waals surface area contributed by atoms with Gasteiger partial charge in [-0.3, -0.25) is 4.84 Å². The molecule has 4 nitrogen and oxygen atoms in total. The summed E-state index contributed by atoms with van der Waals surface area (Å²) in [6, 6.07) is 22.0. The molecule has 0 aliphatic carbocycles. The van der Waals surface area contributed by atoms with Crippen LogP contribution < -0.4 is 5.48 Å².